The molecule has 1 aliphatic rings. The zero-order valence-corrected chi connectivity index (χ0v) is 9.61. The van der Waals surface area contributed by atoms with Crippen LogP contribution in [0.3, 0.4) is 0 Å². The second-order valence-electron chi connectivity index (χ2n) is 3.86. The van der Waals surface area contributed by atoms with E-state index in [-0.39, 0.29) is 5.91 Å². The fourth-order valence-corrected chi connectivity index (χ4v) is 1.87. The summed E-state index contributed by atoms with van der Waals surface area (Å²) in [5.74, 6) is -0.147. The minimum absolute atomic E-state index is 0.147. The summed E-state index contributed by atoms with van der Waals surface area (Å²) in [5, 5.41) is 0. The van der Waals surface area contributed by atoms with Crippen molar-refractivity contribution in [1.29, 1.82) is 0 Å². The highest BCUT2D eigenvalue weighted by atomic mass is 16.5. The highest BCUT2D eigenvalue weighted by Gasteiger charge is 2.22. The Balaban J connectivity index is 2.00. The molecule has 3 rings (SSSR count). The Morgan fingerprint density at radius 3 is 2.72 bits per heavy atom. The highest BCUT2D eigenvalue weighted by Crippen LogP contribution is 2.12. The molecule has 0 aromatic carbocycles. The Bertz CT molecular complexity index is 577. The molecule has 1 saturated heterocycles. The smallest absolute Gasteiger partial charge is 0.275 e. The summed E-state index contributed by atoms with van der Waals surface area (Å²) in [6.45, 7) is 2.26. The van der Waals surface area contributed by atoms with Gasteiger partial charge in [0, 0.05) is 25.5 Å². The fraction of sp³-hybridized carbons (Fsp3) is 0.364. The average Bonchev–Trinajstić information content (AvgIpc) is 2.47. The van der Waals surface area contributed by atoms with Crippen LogP contribution >= 0.6 is 0 Å². The van der Waals surface area contributed by atoms with Gasteiger partial charge in [0.25, 0.3) is 5.91 Å². The van der Waals surface area contributed by atoms with Crippen molar-refractivity contribution < 1.29 is 9.53 Å². The van der Waals surface area contributed by atoms with Crippen LogP contribution < -0.4 is 0 Å². The van der Waals surface area contributed by atoms with Crippen molar-refractivity contribution in [2.45, 2.75) is 0 Å². The lowest BCUT2D eigenvalue weighted by molar-refractivity contribution is 0.0300. The predicted molar refractivity (Wildman–Crippen MR) is 61.9 cm³/mol. The number of ether oxygens (including phenoxy) is 1. The van der Waals surface area contributed by atoms with E-state index in [9.17, 15) is 4.79 Å². The Labute approximate surface area is 103 Å². The second-order valence-corrected chi connectivity index (χ2v) is 3.86. The maximum absolute atomic E-state index is 12.3. The molecule has 0 N–H and O–H groups in total. The van der Waals surface area contributed by atoms with E-state index in [2.05, 4.69) is 19.9 Å². The first-order valence-electron chi connectivity index (χ1n) is 5.65. The lowest BCUT2D eigenvalue weighted by atomic mass is 10.3. The summed E-state index contributed by atoms with van der Waals surface area (Å²) >= 11 is 0. The number of morpholine rings is 1. The first kappa shape index (κ1) is 11.0. The van der Waals surface area contributed by atoms with Crippen LogP contribution in [0.1, 0.15) is 10.5 Å². The van der Waals surface area contributed by atoms with Crippen molar-refractivity contribution >= 4 is 17.1 Å². The highest BCUT2D eigenvalue weighted by molar-refractivity contribution is 6.01. The summed E-state index contributed by atoms with van der Waals surface area (Å²) in [4.78, 5) is 30.3. The number of carbonyl (C=O) groups is 1. The standard InChI is InChI=1S/C11H11N5O2/c17-11(16-3-5-18-6-4-16)9-8-10(15-7-14-9)13-2-1-12-8/h1-2,7H,3-6H2. The second kappa shape index (κ2) is 4.61. The molecule has 18 heavy (non-hydrogen) atoms. The van der Waals surface area contributed by atoms with E-state index >= 15 is 0 Å². The summed E-state index contributed by atoms with van der Waals surface area (Å²) in [5.41, 5.74) is 1.18. The Kier molecular flexibility index (Phi) is 2.81. The number of aromatic nitrogens is 4. The summed E-state index contributed by atoms with van der Waals surface area (Å²) < 4.78 is 5.22. The van der Waals surface area contributed by atoms with Crippen molar-refractivity contribution in [3.05, 3.63) is 24.4 Å². The molecule has 7 nitrogen and oxygen atoms in total. The van der Waals surface area contributed by atoms with Crippen LogP contribution in [0.2, 0.25) is 0 Å². The van der Waals surface area contributed by atoms with Gasteiger partial charge >= 0.3 is 0 Å². The Morgan fingerprint density at radius 1 is 1.11 bits per heavy atom. The van der Waals surface area contributed by atoms with Gasteiger partial charge < -0.3 is 9.64 Å². The van der Waals surface area contributed by atoms with Crippen LogP contribution in [0, 0.1) is 0 Å². The van der Waals surface area contributed by atoms with Crippen molar-refractivity contribution in [3.63, 3.8) is 0 Å². The number of hydrogen-bond donors (Lipinski definition) is 0. The Hall–Kier alpha value is -2.15. The number of hydrogen-bond acceptors (Lipinski definition) is 6. The zero-order valence-electron chi connectivity index (χ0n) is 9.61. The van der Waals surface area contributed by atoms with Crippen molar-refractivity contribution in [3.8, 4) is 0 Å². The molecule has 0 radical (unpaired) electrons. The third-order valence-corrected chi connectivity index (χ3v) is 2.77. The number of amides is 1. The molecule has 0 aliphatic carbocycles. The number of carbonyl (C=O) groups excluding carboxylic acids is 1. The maximum atomic E-state index is 12.3. The zero-order chi connectivity index (χ0) is 12.4. The van der Waals surface area contributed by atoms with Gasteiger partial charge in [-0.1, -0.05) is 0 Å². The molecule has 0 saturated carbocycles. The van der Waals surface area contributed by atoms with E-state index in [0.717, 1.165) is 0 Å². The predicted octanol–water partition coefficient (Wildman–Crippen LogP) is -0.108. The third kappa shape index (κ3) is 1.88. The largest absolute Gasteiger partial charge is 0.378 e. The molecular formula is C11H11N5O2. The molecule has 0 unspecified atom stereocenters. The molecule has 2 aromatic rings. The number of nitrogens with zero attached hydrogens (tertiary/aromatic N) is 5. The van der Waals surface area contributed by atoms with Crippen molar-refractivity contribution in [2.75, 3.05) is 26.3 Å². The van der Waals surface area contributed by atoms with Gasteiger partial charge in [-0.25, -0.2) is 19.9 Å². The van der Waals surface area contributed by atoms with E-state index in [1.165, 1.54) is 12.5 Å². The Morgan fingerprint density at radius 2 is 1.89 bits per heavy atom. The van der Waals surface area contributed by atoms with Crippen LogP contribution in [-0.4, -0.2) is 57.0 Å². The van der Waals surface area contributed by atoms with Crippen LogP contribution in [0.25, 0.3) is 11.2 Å². The molecule has 3 heterocycles. The van der Waals surface area contributed by atoms with Crippen LogP contribution in [-0.2, 0) is 4.74 Å². The monoisotopic (exact) mass is 245 g/mol. The van der Waals surface area contributed by atoms with Gasteiger partial charge in [0.05, 0.1) is 13.2 Å². The van der Waals surface area contributed by atoms with Gasteiger partial charge in [0.15, 0.2) is 11.3 Å². The van der Waals surface area contributed by atoms with Crippen molar-refractivity contribution in [1.82, 2.24) is 24.8 Å². The van der Waals surface area contributed by atoms with E-state index in [4.69, 9.17) is 4.74 Å². The molecule has 1 aliphatic heterocycles. The van der Waals surface area contributed by atoms with Gasteiger partial charge in [-0.2, -0.15) is 0 Å². The number of rotatable bonds is 1. The molecule has 0 spiro atoms. The summed E-state index contributed by atoms with van der Waals surface area (Å²) in [6.07, 6.45) is 4.41. The van der Waals surface area contributed by atoms with Gasteiger partial charge in [0.1, 0.15) is 11.8 Å². The number of fused-ring (bicyclic) bond motifs is 1. The maximum Gasteiger partial charge on any atom is 0.275 e. The minimum atomic E-state index is -0.147. The van der Waals surface area contributed by atoms with E-state index in [1.807, 2.05) is 0 Å². The third-order valence-electron chi connectivity index (χ3n) is 2.77. The normalized spacial score (nSPS) is 15.9. The topological polar surface area (TPSA) is 81.1 Å². The van der Waals surface area contributed by atoms with E-state index < -0.39 is 0 Å². The first-order valence-corrected chi connectivity index (χ1v) is 5.65. The van der Waals surface area contributed by atoms with Crippen LogP contribution in [0.15, 0.2) is 18.7 Å². The van der Waals surface area contributed by atoms with Crippen LogP contribution in [0.4, 0.5) is 0 Å². The molecule has 0 bridgehead atoms. The average molecular weight is 245 g/mol. The van der Waals surface area contributed by atoms with Crippen LogP contribution in [0.5, 0.6) is 0 Å². The van der Waals surface area contributed by atoms with E-state index in [1.54, 1.807) is 11.1 Å². The SMILES string of the molecule is O=C(c1ncnc2nccnc12)N1CCOCC1. The van der Waals surface area contributed by atoms with Gasteiger partial charge in [-0.15, -0.1) is 0 Å². The molecule has 2 aromatic heterocycles. The molecule has 7 heteroatoms. The first-order chi connectivity index (χ1) is 8.86. The van der Waals surface area contributed by atoms with Gasteiger partial charge in [-0.3, -0.25) is 4.79 Å². The molecule has 1 fully saturated rings. The lowest BCUT2D eigenvalue weighted by Crippen LogP contribution is -2.41. The summed E-state index contributed by atoms with van der Waals surface area (Å²) in [7, 11) is 0. The fourth-order valence-electron chi connectivity index (χ4n) is 1.87. The quantitative estimate of drug-likeness (QED) is 0.697. The van der Waals surface area contributed by atoms with Gasteiger partial charge in [0.2, 0.25) is 0 Å². The minimum Gasteiger partial charge on any atom is -0.378 e. The molecular weight excluding hydrogens is 234 g/mol. The molecule has 92 valence electrons. The molecule has 0 atom stereocenters. The lowest BCUT2D eigenvalue weighted by Gasteiger charge is -2.26. The summed E-state index contributed by atoms with van der Waals surface area (Å²) in [6, 6.07) is 0. The van der Waals surface area contributed by atoms with Gasteiger partial charge in [-0.05, 0) is 0 Å². The van der Waals surface area contributed by atoms with E-state index in [0.29, 0.717) is 43.2 Å². The van der Waals surface area contributed by atoms with Crippen molar-refractivity contribution in [2.24, 2.45) is 0 Å². The molecule has 1 amide bonds.